The predicted molar refractivity (Wildman–Crippen MR) is 92.1 cm³/mol. The molecule has 7 heteroatoms. The van der Waals surface area contributed by atoms with E-state index >= 15 is 0 Å². The van der Waals surface area contributed by atoms with Gasteiger partial charge in [0.05, 0.1) is 25.6 Å². The zero-order valence-corrected chi connectivity index (χ0v) is 14.5. The van der Waals surface area contributed by atoms with Gasteiger partial charge in [-0.25, -0.2) is 0 Å². The summed E-state index contributed by atoms with van der Waals surface area (Å²) < 4.78 is 21.8. The third-order valence-electron chi connectivity index (χ3n) is 3.67. The van der Waals surface area contributed by atoms with E-state index in [1.165, 1.54) is 0 Å². The van der Waals surface area contributed by atoms with Crippen molar-refractivity contribution in [1.29, 1.82) is 0 Å². The fraction of sp³-hybridized carbons (Fsp3) is 0.706. The molecule has 0 aromatic carbocycles. The highest BCUT2D eigenvalue weighted by Crippen LogP contribution is 2.11. The van der Waals surface area contributed by atoms with E-state index in [1.54, 1.807) is 13.3 Å². The molecule has 1 aromatic heterocycles. The van der Waals surface area contributed by atoms with Crippen LogP contribution in [0.1, 0.15) is 25.0 Å². The summed E-state index contributed by atoms with van der Waals surface area (Å²) in [5.74, 6) is 1.63. The van der Waals surface area contributed by atoms with Crippen molar-refractivity contribution in [3.05, 3.63) is 24.2 Å². The van der Waals surface area contributed by atoms with Gasteiger partial charge in [0.1, 0.15) is 12.4 Å². The van der Waals surface area contributed by atoms with Gasteiger partial charge in [-0.3, -0.25) is 4.99 Å². The lowest BCUT2D eigenvalue weighted by molar-refractivity contribution is 0.0191. The molecule has 1 saturated heterocycles. The van der Waals surface area contributed by atoms with Crippen molar-refractivity contribution in [3.63, 3.8) is 0 Å². The Morgan fingerprint density at radius 3 is 2.96 bits per heavy atom. The Morgan fingerprint density at radius 2 is 2.21 bits per heavy atom. The number of rotatable bonds is 11. The van der Waals surface area contributed by atoms with E-state index in [2.05, 4.69) is 15.6 Å². The smallest absolute Gasteiger partial charge is 0.191 e. The maximum atomic E-state index is 5.61. The summed E-state index contributed by atoms with van der Waals surface area (Å²) in [5.41, 5.74) is 0. The molecule has 1 aliphatic heterocycles. The molecular weight excluding hydrogens is 310 g/mol. The van der Waals surface area contributed by atoms with Gasteiger partial charge in [-0.15, -0.1) is 0 Å². The molecule has 1 unspecified atom stereocenters. The van der Waals surface area contributed by atoms with Gasteiger partial charge in [-0.2, -0.15) is 0 Å². The SMILES string of the molecule is CN=C(NCCCOCc1ccco1)NCCOCC1CCCO1. The quantitative estimate of drug-likeness (QED) is 0.362. The molecule has 0 bridgehead atoms. The number of guanidine groups is 1. The molecule has 2 N–H and O–H groups in total. The number of hydrogen-bond donors (Lipinski definition) is 2. The maximum absolute atomic E-state index is 5.61. The Balaban J connectivity index is 1.40. The minimum Gasteiger partial charge on any atom is -0.467 e. The van der Waals surface area contributed by atoms with Crippen molar-refractivity contribution in [2.45, 2.75) is 32.0 Å². The monoisotopic (exact) mass is 339 g/mol. The van der Waals surface area contributed by atoms with E-state index in [9.17, 15) is 0 Å². The second kappa shape index (κ2) is 11.9. The van der Waals surface area contributed by atoms with E-state index in [-0.39, 0.29) is 6.10 Å². The van der Waals surface area contributed by atoms with Gasteiger partial charge in [0, 0.05) is 33.4 Å². The van der Waals surface area contributed by atoms with Crippen LogP contribution in [0.2, 0.25) is 0 Å². The number of nitrogens with one attached hydrogen (secondary N) is 2. The van der Waals surface area contributed by atoms with Crippen LogP contribution in [-0.4, -0.2) is 58.6 Å². The first kappa shape index (κ1) is 18.8. The second-order valence-electron chi connectivity index (χ2n) is 5.62. The molecule has 0 amide bonds. The van der Waals surface area contributed by atoms with E-state index in [0.717, 1.165) is 50.7 Å². The van der Waals surface area contributed by atoms with E-state index in [1.807, 2.05) is 12.1 Å². The third-order valence-corrected chi connectivity index (χ3v) is 3.67. The molecule has 0 saturated carbocycles. The van der Waals surface area contributed by atoms with Crippen LogP contribution < -0.4 is 10.6 Å². The lowest BCUT2D eigenvalue weighted by atomic mass is 10.2. The van der Waals surface area contributed by atoms with Gasteiger partial charge in [-0.05, 0) is 31.4 Å². The van der Waals surface area contributed by atoms with Gasteiger partial charge in [-0.1, -0.05) is 0 Å². The summed E-state index contributed by atoms with van der Waals surface area (Å²) in [7, 11) is 1.76. The molecule has 0 radical (unpaired) electrons. The molecule has 0 aliphatic carbocycles. The van der Waals surface area contributed by atoms with Crippen LogP contribution in [0.4, 0.5) is 0 Å². The topological polar surface area (TPSA) is 77.3 Å². The molecule has 7 nitrogen and oxygen atoms in total. The summed E-state index contributed by atoms with van der Waals surface area (Å²) >= 11 is 0. The normalized spacial score (nSPS) is 18.0. The van der Waals surface area contributed by atoms with Crippen molar-refractivity contribution in [2.75, 3.05) is 46.6 Å². The summed E-state index contributed by atoms with van der Waals surface area (Å²) in [4.78, 5) is 4.18. The zero-order valence-electron chi connectivity index (χ0n) is 14.5. The molecule has 0 spiro atoms. The molecule has 24 heavy (non-hydrogen) atoms. The lowest BCUT2D eigenvalue weighted by Crippen LogP contribution is -2.39. The maximum Gasteiger partial charge on any atom is 0.191 e. The predicted octanol–water partition coefficient (Wildman–Crippen LogP) is 1.55. The Morgan fingerprint density at radius 1 is 1.29 bits per heavy atom. The standard InChI is InChI=1S/C17H29N3O4/c1-18-17(20-8-12-22-14-16-6-3-11-24-16)19-7-4-9-21-13-15-5-2-10-23-15/h2,5,10,16H,3-4,6-9,11-14H2,1H3,(H2,18,19,20). The van der Waals surface area contributed by atoms with Crippen molar-refractivity contribution in [1.82, 2.24) is 10.6 Å². The third kappa shape index (κ3) is 7.81. The summed E-state index contributed by atoms with van der Waals surface area (Å²) in [5, 5.41) is 6.48. The average molecular weight is 339 g/mol. The molecule has 2 rings (SSSR count). The highest BCUT2D eigenvalue weighted by molar-refractivity contribution is 5.79. The fourth-order valence-corrected chi connectivity index (χ4v) is 2.40. The highest BCUT2D eigenvalue weighted by Gasteiger charge is 2.14. The summed E-state index contributed by atoms with van der Waals surface area (Å²) in [6, 6.07) is 3.77. The largest absolute Gasteiger partial charge is 0.467 e. The minimum atomic E-state index is 0.281. The molecule has 2 heterocycles. The van der Waals surface area contributed by atoms with Crippen LogP contribution in [0.25, 0.3) is 0 Å². The van der Waals surface area contributed by atoms with E-state index < -0.39 is 0 Å². The molecule has 1 aromatic rings. The first-order chi connectivity index (χ1) is 11.9. The number of nitrogens with zero attached hydrogens (tertiary/aromatic N) is 1. The highest BCUT2D eigenvalue weighted by atomic mass is 16.5. The van der Waals surface area contributed by atoms with Crippen LogP contribution in [0.5, 0.6) is 0 Å². The van der Waals surface area contributed by atoms with E-state index in [4.69, 9.17) is 18.6 Å². The number of hydrogen-bond acceptors (Lipinski definition) is 5. The summed E-state index contributed by atoms with van der Waals surface area (Å²) in [6.07, 6.45) is 5.09. The zero-order chi connectivity index (χ0) is 16.9. The lowest BCUT2D eigenvalue weighted by Gasteiger charge is -2.13. The molecule has 1 fully saturated rings. The Bertz CT molecular complexity index is 445. The second-order valence-corrected chi connectivity index (χ2v) is 5.62. The van der Waals surface area contributed by atoms with Crippen LogP contribution in [0, 0.1) is 0 Å². The Labute approximate surface area is 143 Å². The molecule has 1 atom stereocenters. The van der Waals surface area contributed by atoms with Crippen LogP contribution in [0.3, 0.4) is 0 Å². The summed E-state index contributed by atoms with van der Waals surface area (Å²) in [6.45, 7) is 4.91. The molecular formula is C17H29N3O4. The van der Waals surface area contributed by atoms with Crippen molar-refractivity contribution in [2.24, 2.45) is 4.99 Å². The van der Waals surface area contributed by atoms with E-state index in [0.29, 0.717) is 26.4 Å². The fourth-order valence-electron chi connectivity index (χ4n) is 2.40. The van der Waals surface area contributed by atoms with Crippen LogP contribution >= 0.6 is 0 Å². The van der Waals surface area contributed by atoms with Gasteiger partial charge in [0.25, 0.3) is 0 Å². The van der Waals surface area contributed by atoms with Crippen LogP contribution in [0.15, 0.2) is 27.8 Å². The number of ether oxygens (including phenoxy) is 3. The molecule has 1 aliphatic rings. The number of furan rings is 1. The van der Waals surface area contributed by atoms with Gasteiger partial charge in [0.15, 0.2) is 5.96 Å². The number of aliphatic imine (C=N–C) groups is 1. The van der Waals surface area contributed by atoms with Gasteiger partial charge < -0.3 is 29.3 Å². The van der Waals surface area contributed by atoms with Crippen LogP contribution in [-0.2, 0) is 20.8 Å². The van der Waals surface area contributed by atoms with Crippen molar-refractivity contribution in [3.8, 4) is 0 Å². The van der Waals surface area contributed by atoms with Crippen molar-refractivity contribution >= 4 is 5.96 Å². The first-order valence-electron chi connectivity index (χ1n) is 8.62. The van der Waals surface area contributed by atoms with Gasteiger partial charge in [0.2, 0.25) is 0 Å². The van der Waals surface area contributed by atoms with Gasteiger partial charge >= 0.3 is 0 Å². The molecule has 136 valence electrons. The average Bonchev–Trinajstić information content (AvgIpc) is 3.29. The minimum absolute atomic E-state index is 0.281. The Hall–Kier alpha value is -1.57. The first-order valence-corrected chi connectivity index (χ1v) is 8.62. The van der Waals surface area contributed by atoms with Crippen molar-refractivity contribution < 1.29 is 18.6 Å². The Kier molecular flexibility index (Phi) is 9.29.